The number of benzene rings is 2. The number of H-pyrrole nitrogens is 1. The lowest BCUT2D eigenvalue weighted by molar-refractivity contribution is -0.383. The van der Waals surface area contributed by atoms with Gasteiger partial charge >= 0.3 is 0 Å². The van der Waals surface area contributed by atoms with Crippen LogP contribution in [-0.2, 0) is 0 Å². The Bertz CT molecular complexity index is 971. The van der Waals surface area contributed by atoms with Crippen LogP contribution in [0.2, 0.25) is 0 Å². The van der Waals surface area contributed by atoms with Gasteiger partial charge in [-0.1, -0.05) is 12.1 Å². The highest BCUT2D eigenvalue weighted by Crippen LogP contribution is 2.25. The highest BCUT2D eigenvalue weighted by atomic mass is 127. The van der Waals surface area contributed by atoms with E-state index in [1.54, 1.807) is 12.1 Å². The molecule has 0 saturated heterocycles. The Morgan fingerprint density at radius 1 is 1.23 bits per heavy atom. The second-order valence-electron chi connectivity index (χ2n) is 4.44. The van der Waals surface area contributed by atoms with Gasteiger partial charge < -0.3 is 4.98 Å². The Morgan fingerprint density at radius 3 is 2.68 bits per heavy atom. The van der Waals surface area contributed by atoms with Crippen LogP contribution in [0.1, 0.15) is 0 Å². The summed E-state index contributed by atoms with van der Waals surface area (Å²) in [5.41, 5.74) is -0.737. The van der Waals surface area contributed by atoms with Crippen molar-refractivity contribution >= 4 is 39.3 Å². The molecule has 0 atom stereocenters. The molecule has 3 rings (SSSR count). The number of nitro groups is 1. The predicted molar refractivity (Wildman–Crippen MR) is 87.1 cm³/mol. The minimum absolute atomic E-state index is 0.0206. The quantitative estimate of drug-likeness (QED) is 0.399. The molecular weight excluding hydrogens is 404 g/mol. The average Bonchev–Trinajstić information content (AvgIpc) is 2.49. The Labute approximate surface area is 136 Å². The first-order chi connectivity index (χ1) is 10.5. The molecule has 0 aliphatic rings. The number of rotatable bonds is 2. The highest BCUT2D eigenvalue weighted by Gasteiger charge is 2.18. The molecule has 0 unspecified atom stereocenters. The van der Waals surface area contributed by atoms with Crippen LogP contribution < -0.4 is 5.56 Å². The maximum Gasteiger partial charge on any atom is 0.295 e. The van der Waals surface area contributed by atoms with Crippen LogP contribution in [-0.4, -0.2) is 14.9 Å². The van der Waals surface area contributed by atoms with E-state index in [-0.39, 0.29) is 28.0 Å². The second-order valence-corrected chi connectivity index (χ2v) is 5.61. The van der Waals surface area contributed by atoms with Crippen LogP contribution in [0.15, 0.2) is 41.2 Å². The van der Waals surface area contributed by atoms with Gasteiger partial charge in [-0.25, -0.2) is 9.37 Å². The van der Waals surface area contributed by atoms with Gasteiger partial charge in [0.2, 0.25) is 0 Å². The summed E-state index contributed by atoms with van der Waals surface area (Å²) < 4.78 is 14.5. The Kier molecular flexibility index (Phi) is 3.61. The van der Waals surface area contributed by atoms with E-state index in [1.807, 2.05) is 22.6 Å². The first-order valence-electron chi connectivity index (χ1n) is 6.11. The fourth-order valence-electron chi connectivity index (χ4n) is 2.11. The van der Waals surface area contributed by atoms with Gasteiger partial charge in [0.25, 0.3) is 11.2 Å². The van der Waals surface area contributed by atoms with E-state index in [0.29, 0.717) is 3.57 Å². The topological polar surface area (TPSA) is 88.9 Å². The molecular formula is C14H7FIN3O3. The lowest BCUT2D eigenvalue weighted by Crippen LogP contribution is -2.13. The molecule has 22 heavy (non-hydrogen) atoms. The largest absolute Gasteiger partial charge is 0.313 e. The molecule has 2 aromatic carbocycles. The van der Waals surface area contributed by atoms with Crippen molar-refractivity contribution in [3.63, 3.8) is 0 Å². The second kappa shape index (κ2) is 5.44. The highest BCUT2D eigenvalue weighted by molar-refractivity contribution is 14.1. The maximum atomic E-state index is 14.2. The van der Waals surface area contributed by atoms with Gasteiger partial charge in [-0.05, 0) is 40.8 Å². The third-order valence-corrected chi connectivity index (χ3v) is 3.94. The van der Waals surface area contributed by atoms with Gasteiger partial charge in [0.05, 0.1) is 10.4 Å². The van der Waals surface area contributed by atoms with Crippen LogP contribution in [0.4, 0.5) is 10.1 Å². The zero-order valence-electron chi connectivity index (χ0n) is 10.8. The van der Waals surface area contributed by atoms with E-state index in [9.17, 15) is 19.3 Å². The summed E-state index contributed by atoms with van der Waals surface area (Å²) in [6, 6.07) is 8.87. The van der Waals surface area contributed by atoms with Gasteiger partial charge in [0, 0.05) is 15.2 Å². The monoisotopic (exact) mass is 411 g/mol. The number of nitro benzene ring substituents is 1. The normalized spacial score (nSPS) is 10.8. The van der Waals surface area contributed by atoms with Crippen LogP contribution in [0.5, 0.6) is 0 Å². The molecule has 0 fully saturated rings. The lowest BCUT2D eigenvalue weighted by atomic mass is 10.1. The number of hydrogen-bond donors (Lipinski definition) is 1. The van der Waals surface area contributed by atoms with Gasteiger partial charge in [-0.15, -0.1) is 0 Å². The first-order valence-corrected chi connectivity index (χ1v) is 7.18. The van der Waals surface area contributed by atoms with Gasteiger partial charge in [-0.3, -0.25) is 14.9 Å². The summed E-state index contributed by atoms with van der Waals surface area (Å²) in [6.45, 7) is 0. The molecule has 6 nitrogen and oxygen atoms in total. The van der Waals surface area contributed by atoms with Crippen LogP contribution in [0.25, 0.3) is 22.3 Å². The van der Waals surface area contributed by atoms with Gasteiger partial charge in [0.15, 0.2) is 0 Å². The molecule has 0 bridgehead atoms. The summed E-state index contributed by atoms with van der Waals surface area (Å²) in [4.78, 5) is 29.1. The fraction of sp³-hybridized carbons (Fsp3) is 0. The third-order valence-electron chi connectivity index (χ3n) is 3.11. The zero-order chi connectivity index (χ0) is 15.9. The predicted octanol–water partition coefficient (Wildman–Crippen LogP) is 3.24. The van der Waals surface area contributed by atoms with E-state index in [0.717, 1.165) is 0 Å². The smallest absolute Gasteiger partial charge is 0.295 e. The van der Waals surface area contributed by atoms with Crippen molar-refractivity contribution in [1.29, 1.82) is 0 Å². The van der Waals surface area contributed by atoms with Crippen LogP contribution in [0, 0.1) is 19.5 Å². The van der Waals surface area contributed by atoms with E-state index in [2.05, 4.69) is 9.97 Å². The molecule has 0 amide bonds. The van der Waals surface area contributed by atoms with Gasteiger partial charge in [-0.2, -0.15) is 0 Å². The maximum absolute atomic E-state index is 14.2. The molecule has 1 aromatic heterocycles. The average molecular weight is 411 g/mol. The summed E-state index contributed by atoms with van der Waals surface area (Å²) in [7, 11) is 0. The number of nitrogens with zero attached hydrogens (tertiary/aromatic N) is 2. The first kappa shape index (κ1) is 14.6. The SMILES string of the molecule is O=c1[nH]c2c([N+](=O)[O-])cccc2nc1-c1cccc(I)c1F. The third kappa shape index (κ3) is 2.34. The van der Waals surface area contributed by atoms with Crippen molar-refractivity contribution in [3.05, 3.63) is 66.3 Å². The molecule has 0 aliphatic heterocycles. The lowest BCUT2D eigenvalue weighted by Gasteiger charge is -2.05. The Hall–Kier alpha value is -2.36. The van der Waals surface area contributed by atoms with Crippen molar-refractivity contribution in [2.75, 3.05) is 0 Å². The minimum Gasteiger partial charge on any atom is -0.313 e. The molecule has 0 aliphatic carbocycles. The number of nitrogens with one attached hydrogen (secondary N) is 1. The molecule has 1 heterocycles. The van der Waals surface area contributed by atoms with Crippen molar-refractivity contribution in [3.8, 4) is 11.3 Å². The number of aromatic amines is 1. The fourth-order valence-corrected chi connectivity index (χ4v) is 2.61. The Balaban J connectivity index is 2.34. The molecule has 0 spiro atoms. The molecule has 110 valence electrons. The summed E-state index contributed by atoms with van der Waals surface area (Å²) >= 11 is 1.82. The van der Waals surface area contributed by atoms with Crippen molar-refractivity contribution in [2.45, 2.75) is 0 Å². The van der Waals surface area contributed by atoms with Crippen molar-refractivity contribution < 1.29 is 9.31 Å². The molecule has 8 heteroatoms. The van der Waals surface area contributed by atoms with Crippen LogP contribution >= 0.6 is 22.6 Å². The van der Waals surface area contributed by atoms with Gasteiger partial charge in [0.1, 0.15) is 17.0 Å². The number of hydrogen-bond acceptors (Lipinski definition) is 4. The van der Waals surface area contributed by atoms with Crippen LogP contribution in [0.3, 0.4) is 0 Å². The van der Waals surface area contributed by atoms with Crippen molar-refractivity contribution in [2.24, 2.45) is 0 Å². The standard InChI is InChI=1S/C14H7FIN3O3/c15-11-7(3-1-4-8(11)16)12-14(20)18-13-9(17-12)5-2-6-10(13)19(21)22/h1-6H,(H,18,20). The summed E-state index contributed by atoms with van der Waals surface area (Å²) in [6.07, 6.45) is 0. The summed E-state index contributed by atoms with van der Waals surface area (Å²) in [5, 5.41) is 11.0. The number of non-ortho nitro benzene ring substituents is 1. The number of para-hydroxylation sites is 1. The van der Waals surface area contributed by atoms with E-state index in [4.69, 9.17) is 0 Å². The number of aromatic nitrogens is 2. The zero-order valence-corrected chi connectivity index (χ0v) is 13.0. The molecule has 0 saturated carbocycles. The van der Waals surface area contributed by atoms with E-state index in [1.165, 1.54) is 24.3 Å². The summed E-state index contributed by atoms with van der Waals surface area (Å²) in [5.74, 6) is -0.550. The molecule has 1 N–H and O–H groups in total. The Morgan fingerprint density at radius 2 is 1.95 bits per heavy atom. The minimum atomic E-state index is -0.678. The number of halogens is 2. The van der Waals surface area contributed by atoms with E-state index >= 15 is 0 Å². The molecule has 0 radical (unpaired) electrons. The molecule has 3 aromatic rings. The van der Waals surface area contributed by atoms with E-state index < -0.39 is 16.3 Å². The number of fused-ring (bicyclic) bond motifs is 1. The van der Waals surface area contributed by atoms with Crippen molar-refractivity contribution in [1.82, 2.24) is 9.97 Å².